The van der Waals surface area contributed by atoms with Crippen LogP contribution < -0.4 is 10.6 Å². The zero-order valence-corrected chi connectivity index (χ0v) is 19.6. The molecule has 1 amide bonds. The number of amides is 1. The summed E-state index contributed by atoms with van der Waals surface area (Å²) in [6.07, 6.45) is 6.18. The summed E-state index contributed by atoms with van der Waals surface area (Å²) < 4.78 is 14.3. The topological polar surface area (TPSA) is 92.7 Å². The fraction of sp³-hybridized carbons (Fsp3) is 0.208. The molecule has 0 bridgehead atoms. The summed E-state index contributed by atoms with van der Waals surface area (Å²) in [5.74, 6) is -0.405. The maximum atomic E-state index is 14.3. The van der Waals surface area contributed by atoms with E-state index in [9.17, 15) is 9.18 Å². The van der Waals surface area contributed by atoms with E-state index in [4.69, 9.17) is 0 Å². The van der Waals surface area contributed by atoms with Crippen molar-refractivity contribution in [2.45, 2.75) is 19.8 Å². The number of nitrogens with one attached hydrogen (secondary N) is 2. The molecule has 9 heteroatoms. The van der Waals surface area contributed by atoms with Gasteiger partial charge in [0.05, 0.1) is 23.0 Å². The number of carbonyl (C=O) groups is 1. The van der Waals surface area contributed by atoms with E-state index in [1.54, 1.807) is 18.5 Å². The molecule has 170 valence electrons. The van der Waals surface area contributed by atoms with Crippen LogP contribution in [0.1, 0.15) is 34.3 Å². The molecule has 0 spiro atoms. The largest absolute Gasteiger partial charge is 0.369 e. The summed E-state index contributed by atoms with van der Waals surface area (Å²) in [6, 6.07) is 9.37. The quantitative estimate of drug-likeness (QED) is 0.444. The van der Waals surface area contributed by atoms with Crippen LogP contribution in [0.4, 0.5) is 10.2 Å². The number of nitrogens with zero attached hydrogens (tertiary/aromatic N) is 4. The standard InChI is InChI=1S/C24H23FN6O.H2S/c1-14-7-16(11-27-9-14)20-8-21(31-13-30-20)28-10-15(2)17-5-4-6-18-22(24(32)26-3)19(25)12-29-23(17)18;/h4-9,11-13,15H,10H2,1-3H3,(H,26,32)(H,28,30,31);1H2/t15-;/m1./s1. The first-order valence-corrected chi connectivity index (χ1v) is 10.2. The Morgan fingerprint density at radius 2 is 1.94 bits per heavy atom. The molecule has 0 radical (unpaired) electrons. The molecular formula is C24H25FN6OS. The zero-order valence-electron chi connectivity index (χ0n) is 18.6. The van der Waals surface area contributed by atoms with Crippen LogP contribution in [0, 0.1) is 12.7 Å². The molecule has 1 aromatic carbocycles. The van der Waals surface area contributed by atoms with Crippen molar-refractivity contribution in [3.8, 4) is 11.3 Å². The van der Waals surface area contributed by atoms with E-state index in [0.29, 0.717) is 23.3 Å². The van der Waals surface area contributed by atoms with E-state index < -0.39 is 11.7 Å². The van der Waals surface area contributed by atoms with Crippen molar-refractivity contribution in [2.24, 2.45) is 0 Å². The minimum Gasteiger partial charge on any atom is -0.369 e. The van der Waals surface area contributed by atoms with Gasteiger partial charge < -0.3 is 10.6 Å². The second kappa shape index (κ2) is 10.4. The van der Waals surface area contributed by atoms with E-state index in [-0.39, 0.29) is 25.0 Å². The first-order chi connectivity index (χ1) is 15.5. The number of para-hydroxylation sites is 1. The van der Waals surface area contributed by atoms with Crippen LogP contribution >= 0.6 is 13.5 Å². The number of hydrogen-bond acceptors (Lipinski definition) is 6. The number of rotatable bonds is 6. The van der Waals surface area contributed by atoms with Gasteiger partial charge in [0.25, 0.3) is 5.91 Å². The highest BCUT2D eigenvalue weighted by atomic mass is 32.1. The van der Waals surface area contributed by atoms with Crippen molar-refractivity contribution in [2.75, 3.05) is 18.9 Å². The number of halogens is 1. The minimum atomic E-state index is -0.640. The Kier molecular flexibility index (Phi) is 7.55. The second-order valence-corrected chi connectivity index (χ2v) is 7.63. The van der Waals surface area contributed by atoms with Crippen LogP contribution in [0.15, 0.2) is 55.2 Å². The first kappa shape index (κ1) is 24.1. The van der Waals surface area contributed by atoms with Crippen molar-refractivity contribution < 1.29 is 9.18 Å². The summed E-state index contributed by atoms with van der Waals surface area (Å²) >= 11 is 0. The lowest BCUT2D eigenvalue weighted by Gasteiger charge is -2.17. The molecule has 3 heterocycles. The van der Waals surface area contributed by atoms with E-state index in [0.717, 1.165) is 28.6 Å². The van der Waals surface area contributed by atoms with Crippen LogP contribution in [0.3, 0.4) is 0 Å². The van der Waals surface area contributed by atoms with Gasteiger partial charge in [-0.15, -0.1) is 0 Å². The average Bonchev–Trinajstić information content (AvgIpc) is 2.81. The van der Waals surface area contributed by atoms with Gasteiger partial charge in [0.15, 0.2) is 5.82 Å². The molecular weight excluding hydrogens is 439 g/mol. The number of benzene rings is 1. The summed E-state index contributed by atoms with van der Waals surface area (Å²) in [4.78, 5) is 29.4. The van der Waals surface area contributed by atoms with E-state index >= 15 is 0 Å². The third kappa shape index (κ3) is 5.09. The number of aryl methyl sites for hydroxylation is 1. The fourth-order valence-electron chi connectivity index (χ4n) is 3.65. The van der Waals surface area contributed by atoms with Crippen molar-refractivity contribution in [3.05, 3.63) is 77.8 Å². The average molecular weight is 465 g/mol. The fourth-order valence-corrected chi connectivity index (χ4v) is 3.65. The molecule has 4 aromatic rings. The monoisotopic (exact) mass is 464 g/mol. The van der Waals surface area contributed by atoms with Gasteiger partial charge in [-0.3, -0.25) is 14.8 Å². The molecule has 4 rings (SSSR count). The van der Waals surface area contributed by atoms with Gasteiger partial charge in [-0.05, 0) is 24.1 Å². The Bertz CT molecular complexity index is 1300. The normalized spacial score (nSPS) is 11.5. The van der Waals surface area contributed by atoms with Gasteiger partial charge in [-0.1, -0.05) is 25.1 Å². The predicted octanol–water partition coefficient (Wildman–Crippen LogP) is 4.22. The molecule has 0 aliphatic rings. The number of carbonyl (C=O) groups excluding carboxylic acids is 1. The van der Waals surface area contributed by atoms with Gasteiger partial charge in [0.1, 0.15) is 12.1 Å². The number of pyridine rings is 2. The molecule has 0 aliphatic heterocycles. The molecule has 1 atom stereocenters. The number of hydrogen-bond donors (Lipinski definition) is 2. The van der Waals surface area contributed by atoms with Crippen LogP contribution in [-0.4, -0.2) is 39.4 Å². The summed E-state index contributed by atoms with van der Waals surface area (Å²) in [5.41, 5.74) is 4.29. The Morgan fingerprint density at radius 3 is 2.70 bits per heavy atom. The highest BCUT2D eigenvalue weighted by Crippen LogP contribution is 2.28. The van der Waals surface area contributed by atoms with Crippen LogP contribution in [-0.2, 0) is 0 Å². The molecule has 33 heavy (non-hydrogen) atoms. The third-order valence-corrected chi connectivity index (χ3v) is 5.29. The van der Waals surface area contributed by atoms with Gasteiger partial charge in [-0.2, -0.15) is 13.5 Å². The minimum absolute atomic E-state index is 0. The summed E-state index contributed by atoms with van der Waals surface area (Å²) in [5, 5.41) is 6.32. The highest BCUT2D eigenvalue weighted by molar-refractivity contribution is 7.59. The summed E-state index contributed by atoms with van der Waals surface area (Å²) in [7, 11) is 1.48. The lowest BCUT2D eigenvalue weighted by molar-refractivity contribution is 0.0960. The SMILES string of the molecule is CNC(=O)c1c(F)cnc2c([C@H](C)CNc3cc(-c4cncc(C)c4)ncn3)cccc12.S. The van der Waals surface area contributed by atoms with Gasteiger partial charge >= 0.3 is 0 Å². The Labute approximate surface area is 198 Å². The van der Waals surface area contributed by atoms with E-state index in [1.165, 1.54) is 13.4 Å². The van der Waals surface area contributed by atoms with Crippen molar-refractivity contribution in [1.29, 1.82) is 0 Å². The number of aromatic nitrogens is 4. The highest BCUT2D eigenvalue weighted by Gasteiger charge is 2.19. The van der Waals surface area contributed by atoms with E-state index in [1.807, 2.05) is 38.1 Å². The van der Waals surface area contributed by atoms with Crippen LogP contribution in [0.25, 0.3) is 22.2 Å². The van der Waals surface area contributed by atoms with Crippen molar-refractivity contribution in [1.82, 2.24) is 25.3 Å². The predicted molar refractivity (Wildman–Crippen MR) is 132 cm³/mol. The Morgan fingerprint density at radius 1 is 1.12 bits per heavy atom. The molecule has 7 nitrogen and oxygen atoms in total. The molecule has 0 saturated heterocycles. The molecule has 3 aromatic heterocycles. The summed E-state index contributed by atoms with van der Waals surface area (Å²) in [6.45, 7) is 4.59. The van der Waals surface area contributed by atoms with Gasteiger partial charge in [0, 0.05) is 48.9 Å². The lowest BCUT2D eigenvalue weighted by Crippen LogP contribution is -2.20. The first-order valence-electron chi connectivity index (χ1n) is 10.2. The van der Waals surface area contributed by atoms with Crippen molar-refractivity contribution in [3.63, 3.8) is 0 Å². The third-order valence-electron chi connectivity index (χ3n) is 5.29. The second-order valence-electron chi connectivity index (χ2n) is 7.63. The molecule has 0 fully saturated rings. The van der Waals surface area contributed by atoms with Crippen LogP contribution in [0.2, 0.25) is 0 Å². The molecule has 0 saturated carbocycles. The Hall–Kier alpha value is -3.59. The number of anilines is 1. The van der Waals surface area contributed by atoms with Gasteiger partial charge in [0.2, 0.25) is 0 Å². The zero-order chi connectivity index (χ0) is 22.7. The van der Waals surface area contributed by atoms with Gasteiger partial charge in [-0.25, -0.2) is 14.4 Å². The molecule has 0 aliphatic carbocycles. The van der Waals surface area contributed by atoms with Crippen molar-refractivity contribution >= 4 is 36.1 Å². The number of fused-ring (bicyclic) bond motifs is 1. The van der Waals surface area contributed by atoms with Crippen LogP contribution in [0.5, 0.6) is 0 Å². The molecule has 0 unspecified atom stereocenters. The maximum absolute atomic E-state index is 14.3. The molecule has 2 N–H and O–H groups in total. The van der Waals surface area contributed by atoms with E-state index in [2.05, 4.69) is 30.6 Å². The lowest BCUT2D eigenvalue weighted by atomic mass is 9.96. The maximum Gasteiger partial charge on any atom is 0.254 e. The Balaban J connectivity index is 0.00000306. The smallest absolute Gasteiger partial charge is 0.254 e.